The van der Waals surface area contributed by atoms with E-state index >= 15 is 0 Å². The number of rotatable bonds is 4. The molecule has 2 amide bonds. The lowest BCUT2D eigenvalue weighted by molar-refractivity contribution is -0.124. The van der Waals surface area contributed by atoms with Crippen LogP contribution < -0.4 is 10.6 Å². The van der Waals surface area contributed by atoms with Gasteiger partial charge in [-0.1, -0.05) is 17.7 Å². The number of amides is 2. The molecule has 1 aromatic rings. The molecule has 98 valence electrons. The molecule has 18 heavy (non-hydrogen) atoms. The third kappa shape index (κ3) is 4.07. The number of thiol groups is 1. The molecular weight excluding hydrogens is 248 g/mol. The van der Waals surface area contributed by atoms with E-state index in [0.717, 1.165) is 16.8 Å². The van der Waals surface area contributed by atoms with Crippen LogP contribution in [0.15, 0.2) is 18.2 Å². The molecule has 1 unspecified atom stereocenters. The van der Waals surface area contributed by atoms with Gasteiger partial charge in [0.2, 0.25) is 11.8 Å². The van der Waals surface area contributed by atoms with Gasteiger partial charge in [-0.05, 0) is 25.5 Å². The predicted octanol–water partition coefficient (Wildman–Crippen LogP) is 1.68. The monoisotopic (exact) mass is 266 g/mol. The number of hydrogen-bond acceptors (Lipinski definition) is 3. The Bertz CT molecular complexity index is 460. The first kappa shape index (κ1) is 14.6. The summed E-state index contributed by atoms with van der Waals surface area (Å²) in [6.45, 7) is 5.30. The molecular formula is C13H18N2O2S. The first-order valence-electron chi connectivity index (χ1n) is 5.70. The molecule has 1 atom stereocenters. The molecule has 1 aromatic carbocycles. The maximum absolute atomic E-state index is 11.9. The van der Waals surface area contributed by atoms with Crippen LogP contribution in [-0.2, 0) is 9.59 Å². The van der Waals surface area contributed by atoms with Crippen LogP contribution >= 0.6 is 12.6 Å². The van der Waals surface area contributed by atoms with Gasteiger partial charge in [0.1, 0.15) is 6.04 Å². The molecule has 5 heteroatoms. The van der Waals surface area contributed by atoms with Gasteiger partial charge < -0.3 is 10.6 Å². The fraction of sp³-hybridized carbons (Fsp3) is 0.385. The molecule has 0 aliphatic heterocycles. The van der Waals surface area contributed by atoms with E-state index < -0.39 is 6.04 Å². The predicted molar refractivity (Wildman–Crippen MR) is 76.0 cm³/mol. The molecule has 0 fully saturated rings. The molecule has 0 spiro atoms. The van der Waals surface area contributed by atoms with E-state index in [0.29, 0.717) is 0 Å². The van der Waals surface area contributed by atoms with Gasteiger partial charge in [-0.2, -0.15) is 12.6 Å². The Kier molecular flexibility index (Phi) is 5.22. The average Bonchev–Trinajstić information content (AvgIpc) is 2.29. The summed E-state index contributed by atoms with van der Waals surface area (Å²) in [5, 5.41) is 5.34. The highest BCUT2D eigenvalue weighted by Gasteiger charge is 2.18. The Hall–Kier alpha value is -1.49. The lowest BCUT2D eigenvalue weighted by Gasteiger charge is -2.16. The fourth-order valence-corrected chi connectivity index (χ4v) is 1.87. The Morgan fingerprint density at radius 1 is 1.33 bits per heavy atom. The zero-order valence-electron chi connectivity index (χ0n) is 10.8. The second-order valence-electron chi connectivity index (χ2n) is 4.24. The zero-order chi connectivity index (χ0) is 13.7. The Balaban J connectivity index is 2.76. The van der Waals surface area contributed by atoms with Gasteiger partial charge in [0.25, 0.3) is 0 Å². The van der Waals surface area contributed by atoms with Crippen molar-refractivity contribution in [2.75, 3.05) is 11.1 Å². The highest BCUT2D eigenvalue weighted by molar-refractivity contribution is 7.80. The van der Waals surface area contributed by atoms with Crippen LogP contribution in [0.1, 0.15) is 18.1 Å². The van der Waals surface area contributed by atoms with Gasteiger partial charge in [0, 0.05) is 18.4 Å². The molecule has 0 aliphatic carbocycles. The second kappa shape index (κ2) is 6.44. The summed E-state index contributed by atoms with van der Waals surface area (Å²) >= 11 is 4.06. The number of aryl methyl sites for hydroxylation is 2. The van der Waals surface area contributed by atoms with Crippen LogP contribution in [-0.4, -0.2) is 23.6 Å². The number of benzene rings is 1. The SMILES string of the molecule is CC(=O)NC(CS)C(=O)Nc1ccc(C)cc1C. The molecule has 0 radical (unpaired) electrons. The van der Waals surface area contributed by atoms with Crippen molar-refractivity contribution in [3.63, 3.8) is 0 Å². The van der Waals surface area contributed by atoms with Gasteiger partial charge in [0.05, 0.1) is 0 Å². The molecule has 2 N–H and O–H groups in total. The highest BCUT2D eigenvalue weighted by atomic mass is 32.1. The minimum Gasteiger partial charge on any atom is -0.344 e. The molecule has 0 saturated heterocycles. The standard InChI is InChI=1S/C13H18N2O2S/c1-8-4-5-11(9(2)6-8)15-13(17)12(7-18)14-10(3)16/h4-6,12,18H,7H2,1-3H3,(H,14,16)(H,15,17). The van der Waals surface area contributed by atoms with Crippen LogP contribution in [0, 0.1) is 13.8 Å². The van der Waals surface area contributed by atoms with Crippen molar-refractivity contribution >= 4 is 30.1 Å². The summed E-state index contributed by atoms with van der Waals surface area (Å²) in [6, 6.07) is 5.15. The maximum Gasteiger partial charge on any atom is 0.247 e. The number of anilines is 1. The third-order valence-corrected chi connectivity index (χ3v) is 2.88. The van der Waals surface area contributed by atoms with Crippen molar-refractivity contribution in [3.05, 3.63) is 29.3 Å². The third-order valence-electron chi connectivity index (χ3n) is 2.52. The quantitative estimate of drug-likeness (QED) is 0.726. The summed E-state index contributed by atoms with van der Waals surface area (Å²) in [7, 11) is 0. The maximum atomic E-state index is 11.9. The van der Waals surface area contributed by atoms with Gasteiger partial charge in [-0.15, -0.1) is 0 Å². The van der Waals surface area contributed by atoms with Crippen molar-refractivity contribution in [3.8, 4) is 0 Å². The minimum atomic E-state index is -0.619. The second-order valence-corrected chi connectivity index (χ2v) is 4.61. The number of carbonyl (C=O) groups is 2. The van der Waals surface area contributed by atoms with Gasteiger partial charge in [-0.25, -0.2) is 0 Å². The summed E-state index contributed by atoms with van der Waals surface area (Å²) in [5.41, 5.74) is 2.88. The van der Waals surface area contributed by atoms with Crippen LogP contribution in [0.25, 0.3) is 0 Å². The molecule has 4 nitrogen and oxygen atoms in total. The largest absolute Gasteiger partial charge is 0.344 e. The molecule has 0 heterocycles. The smallest absolute Gasteiger partial charge is 0.247 e. The van der Waals surface area contributed by atoms with E-state index in [1.165, 1.54) is 6.92 Å². The van der Waals surface area contributed by atoms with Crippen LogP contribution in [0.4, 0.5) is 5.69 Å². The van der Waals surface area contributed by atoms with Gasteiger partial charge >= 0.3 is 0 Å². The van der Waals surface area contributed by atoms with Crippen LogP contribution in [0.5, 0.6) is 0 Å². The number of carbonyl (C=O) groups excluding carboxylic acids is 2. The zero-order valence-corrected chi connectivity index (χ0v) is 11.7. The van der Waals surface area contributed by atoms with E-state index in [1.807, 2.05) is 32.0 Å². The summed E-state index contributed by atoms with van der Waals surface area (Å²) in [6.07, 6.45) is 0. The summed E-state index contributed by atoms with van der Waals surface area (Å²) < 4.78 is 0. The van der Waals surface area contributed by atoms with Crippen molar-refractivity contribution in [2.24, 2.45) is 0 Å². The lowest BCUT2D eigenvalue weighted by Crippen LogP contribution is -2.44. The van der Waals surface area contributed by atoms with Crippen molar-refractivity contribution in [1.29, 1.82) is 0 Å². The number of hydrogen-bond donors (Lipinski definition) is 3. The molecule has 0 bridgehead atoms. The van der Waals surface area contributed by atoms with E-state index in [-0.39, 0.29) is 17.6 Å². The summed E-state index contributed by atoms with van der Waals surface area (Å²) in [4.78, 5) is 22.9. The molecule has 0 aromatic heterocycles. The van der Waals surface area contributed by atoms with E-state index in [4.69, 9.17) is 0 Å². The van der Waals surface area contributed by atoms with E-state index in [9.17, 15) is 9.59 Å². The van der Waals surface area contributed by atoms with Crippen LogP contribution in [0.2, 0.25) is 0 Å². The molecule has 0 aliphatic rings. The van der Waals surface area contributed by atoms with Gasteiger partial charge in [-0.3, -0.25) is 9.59 Å². The van der Waals surface area contributed by atoms with Crippen molar-refractivity contribution in [1.82, 2.24) is 5.32 Å². The first-order valence-corrected chi connectivity index (χ1v) is 6.33. The lowest BCUT2D eigenvalue weighted by atomic mass is 10.1. The highest BCUT2D eigenvalue weighted by Crippen LogP contribution is 2.16. The van der Waals surface area contributed by atoms with E-state index in [1.54, 1.807) is 0 Å². The normalized spacial score (nSPS) is 11.8. The van der Waals surface area contributed by atoms with Gasteiger partial charge in [0.15, 0.2) is 0 Å². The Morgan fingerprint density at radius 2 is 2.00 bits per heavy atom. The average molecular weight is 266 g/mol. The van der Waals surface area contributed by atoms with E-state index in [2.05, 4.69) is 23.3 Å². The molecule has 0 saturated carbocycles. The van der Waals surface area contributed by atoms with Crippen molar-refractivity contribution in [2.45, 2.75) is 26.8 Å². The fourth-order valence-electron chi connectivity index (χ4n) is 1.61. The Morgan fingerprint density at radius 3 is 2.50 bits per heavy atom. The first-order chi connectivity index (χ1) is 8.43. The Labute approximate surface area is 113 Å². The topological polar surface area (TPSA) is 58.2 Å². The molecule has 1 rings (SSSR count). The minimum absolute atomic E-state index is 0.246. The number of nitrogens with one attached hydrogen (secondary N) is 2. The summed E-state index contributed by atoms with van der Waals surface area (Å²) in [5.74, 6) is -0.243. The van der Waals surface area contributed by atoms with Crippen molar-refractivity contribution < 1.29 is 9.59 Å². The van der Waals surface area contributed by atoms with Crippen LogP contribution in [0.3, 0.4) is 0 Å².